The van der Waals surface area contributed by atoms with Crippen LogP contribution in [0.25, 0.3) is 0 Å². The molecule has 1 unspecified atom stereocenters. The van der Waals surface area contributed by atoms with Crippen LogP contribution in [0.5, 0.6) is 0 Å². The Kier molecular flexibility index (Phi) is 6.40. The van der Waals surface area contributed by atoms with Crippen molar-refractivity contribution < 1.29 is 23.4 Å². The zero-order valence-electron chi connectivity index (χ0n) is 9.13. The molecule has 90 valence electrons. The molecular weight excluding hydrogens is 206 g/mol. The van der Waals surface area contributed by atoms with E-state index < -0.39 is 18.5 Å². The first-order valence-electron chi connectivity index (χ1n) is 5.06. The Balaban J connectivity index is 3.87. The maximum absolute atomic E-state index is 12.5. The smallest absolute Gasteiger partial charge is 0.329 e. The number of carboxylic acid groups (broad SMARTS) is 1. The van der Waals surface area contributed by atoms with Crippen LogP contribution < -0.4 is 0 Å². The van der Waals surface area contributed by atoms with Crippen molar-refractivity contribution in [3.8, 4) is 0 Å². The molecule has 1 N–H and O–H groups in total. The summed E-state index contributed by atoms with van der Waals surface area (Å²) in [5, 5.41) is 8.39. The number of halogens is 2. The maximum atomic E-state index is 12.5. The van der Waals surface area contributed by atoms with Crippen LogP contribution >= 0.6 is 0 Å². The van der Waals surface area contributed by atoms with E-state index in [1.54, 1.807) is 0 Å². The second-order valence-electron chi connectivity index (χ2n) is 3.72. The molecule has 1 atom stereocenters. The van der Waals surface area contributed by atoms with Gasteiger partial charge < -0.3 is 9.84 Å². The first kappa shape index (κ1) is 14.3. The molecule has 0 bridgehead atoms. The molecule has 0 saturated heterocycles. The molecule has 5 heteroatoms. The quantitative estimate of drug-likeness (QED) is 0.689. The van der Waals surface area contributed by atoms with Crippen molar-refractivity contribution in [1.82, 2.24) is 0 Å². The maximum Gasteiger partial charge on any atom is 0.329 e. The summed E-state index contributed by atoms with van der Waals surface area (Å²) in [6.45, 7) is 2.34. The van der Waals surface area contributed by atoms with E-state index in [0.717, 1.165) is 13.3 Å². The van der Waals surface area contributed by atoms with E-state index >= 15 is 0 Å². The monoisotopic (exact) mass is 224 g/mol. The van der Waals surface area contributed by atoms with Crippen molar-refractivity contribution in [2.24, 2.45) is 0 Å². The SMILES string of the molecule is CCCC(CCC(C)(F)F)OCC(=O)O. The highest BCUT2D eigenvalue weighted by molar-refractivity contribution is 5.68. The van der Waals surface area contributed by atoms with Gasteiger partial charge in [0.15, 0.2) is 0 Å². The van der Waals surface area contributed by atoms with Gasteiger partial charge in [-0.05, 0) is 19.8 Å². The van der Waals surface area contributed by atoms with E-state index in [-0.39, 0.29) is 18.9 Å². The lowest BCUT2D eigenvalue weighted by Crippen LogP contribution is -2.21. The van der Waals surface area contributed by atoms with E-state index in [1.165, 1.54) is 0 Å². The van der Waals surface area contributed by atoms with Crippen LogP contribution in [0.1, 0.15) is 39.5 Å². The van der Waals surface area contributed by atoms with Crippen LogP contribution in [0.2, 0.25) is 0 Å². The van der Waals surface area contributed by atoms with Gasteiger partial charge in [-0.25, -0.2) is 13.6 Å². The van der Waals surface area contributed by atoms with Gasteiger partial charge in [-0.3, -0.25) is 0 Å². The largest absolute Gasteiger partial charge is 0.480 e. The van der Waals surface area contributed by atoms with Crippen molar-refractivity contribution >= 4 is 5.97 Å². The summed E-state index contributed by atoms with van der Waals surface area (Å²) in [6, 6.07) is 0. The molecule has 0 saturated carbocycles. The predicted molar refractivity (Wildman–Crippen MR) is 52.1 cm³/mol. The number of hydrogen-bond acceptors (Lipinski definition) is 2. The van der Waals surface area contributed by atoms with Crippen molar-refractivity contribution in [2.75, 3.05) is 6.61 Å². The second kappa shape index (κ2) is 6.71. The van der Waals surface area contributed by atoms with Crippen molar-refractivity contribution in [1.29, 1.82) is 0 Å². The standard InChI is InChI=1S/C10H18F2O3/c1-3-4-8(15-7-9(13)14)5-6-10(2,11)12/h8H,3-7H2,1-2H3,(H,13,14). The van der Waals surface area contributed by atoms with Crippen LogP contribution in [0.15, 0.2) is 0 Å². The Labute approximate surface area is 88.4 Å². The molecule has 0 spiro atoms. The summed E-state index contributed by atoms with van der Waals surface area (Å²) in [6.07, 6.45) is 0.960. The highest BCUT2D eigenvalue weighted by Crippen LogP contribution is 2.22. The number of rotatable bonds is 8. The van der Waals surface area contributed by atoms with Crippen LogP contribution in [0, 0.1) is 0 Å². The van der Waals surface area contributed by atoms with Gasteiger partial charge >= 0.3 is 5.97 Å². The molecule has 15 heavy (non-hydrogen) atoms. The molecule has 0 aromatic rings. The van der Waals surface area contributed by atoms with E-state index in [1.807, 2.05) is 6.92 Å². The lowest BCUT2D eigenvalue weighted by atomic mass is 10.1. The number of ether oxygens (including phenoxy) is 1. The summed E-state index contributed by atoms with van der Waals surface area (Å²) in [5.74, 6) is -3.78. The van der Waals surface area contributed by atoms with E-state index in [0.29, 0.717) is 6.42 Å². The molecule has 0 aliphatic heterocycles. The first-order valence-corrected chi connectivity index (χ1v) is 5.06. The Morgan fingerprint density at radius 3 is 2.47 bits per heavy atom. The summed E-state index contributed by atoms with van der Waals surface area (Å²) < 4.78 is 30.1. The summed E-state index contributed by atoms with van der Waals surface area (Å²) >= 11 is 0. The number of carboxylic acids is 1. The number of carbonyl (C=O) groups is 1. The highest BCUT2D eigenvalue weighted by Gasteiger charge is 2.23. The minimum atomic E-state index is -2.71. The molecule has 0 aliphatic carbocycles. The number of alkyl halides is 2. The van der Waals surface area contributed by atoms with Crippen LogP contribution in [0.4, 0.5) is 8.78 Å². The fourth-order valence-corrected chi connectivity index (χ4v) is 1.24. The molecule has 3 nitrogen and oxygen atoms in total. The molecule has 0 radical (unpaired) electrons. The average molecular weight is 224 g/mol. The molecule has 0 aromatic carbocycles. The van der Waals surface area contributed by atoms with E-state index in [4.69, 9.17) is 9.84 Å². The molecule has 0 heterocycles. The van der Waals surface area contributed by atoms with Gasteiger partial charge in [0.2, 0.25) is 5.92 Å². The van der Waals surface area contributed by atoms with Gasteiger partial charge in [-0.1, -0.05) is 13.3 Å². The van der Waals surface area contributed by atoms with Crippen LogP contribution in [-0.2, 0) is 9.53 Å². The van der Waals surface area contributed by atoms with E-state index in [9.17, 15) is 13.6 Å². The Morgan fingerprint density at radius 2 is 2.07 bits per heavy atom. The average Bonchev–Trinajstić information content (AvgIpc) is 2.08. The molecule has 0 rings (SSSR count). The van der Waals surface area contributed by atoms with Crippen LogP contribution in [-0.4, -0.2) is 29.7 Å². The fourth-order valence-electron chi connectivity index (χ4n) is 1.24. The Bertz CT molecular complexity index is 190. The lowest BCUT2D eigenvalue weighted by Gasteiger charge is -2.18. The number of hydrogen-bond donors (Lipinski definition) is 1. The second-order valence-corrected chi connectivity index (χ2v) is 3.72. The van der Waals surface area contributed by atoms with Crippen molar-refractivity contribution in [3.63, 3.8) is 0 Å². The third-order valence-electron chi connectivity index (χ3n) is 1.96. The normalized spacial score (nSPS) is 13.9. The fraction of sp³-hybridized carbons (Fsp3) is 0.900. The lowest BCUT2D eigenvalue weighted by molar-refractivity contribution is -0.145. The summed E-state index contributed by atoms with van der Waals surface area (Å²) in [4.78, 5) is 10.2. The van der Waals surface area contributed by atoms with Gasteiger partial charge in [-0.15, -0.1) is 0 Å². The molecule has 0 aliphatic rings. The minimum Gasteiger partial charge on any atom is -0.480 e. The third-order valence-corrected chi connectivity index (χ3v) is 1.96. The van der Waals surface area contributed by atoms with Gasteiger partial charge in [0.25, 0.3) is 0 Å². The molecule has 0 amide bonds. The van der Waals surface area contributed by atoms with Crippen LogP contribution in [0.3, 0.4) is 0 Å². The first-order chi connectivity index (χ1) is 6.85. The van der Waals surface area contributed by atoms with Gasteiger partial charge in [0, 0.05) is 6.42 Å². The Morgan fingerprint density at radius 1 is 1.47 bits per heavy atom. The zero-order chi connectivity index (χ0) is 11.9. The molecular formula is C10H18F2O3. The highest BCUT2D eigenvalue weighted by atomic mass is 19.3. The van der Waals surface area contributed by atoms with Gasteiger partial charge in [-0.2, -0.15) is 0 Å². The zero-order valence-corrected chi connectivity index (χ0v) is 9.13. The minimum absolute atomic E-state index is 0.199. The summed E-state index contributed by atoms with van der Waals surface area (Å²) in [5.41, 5.74) is 0. The summed E-state index contributed by atoms with van der Waals surface area (Å²) in [7, 11) is 0. The Hall–Kier alpha value is -0.710. The van der Waals surface area contributed by atoms with Crippen molar-refractivity contribution in [2.45, 2.75) is 51.6 Å². The topological polar surface area (TPSA) is 46.5 Å². The molecule has 0 fully saturated rings. The van der Waals surface area contributed by atoms with Gasteiger partial charge in [0.05, 0.1) is 6.10 Å². The van der Waals surface area contributed by atoms with E-state index in [2.05, 4.69) is 0 Å². The predicted octanol–water partition coefficient (Wildman–Crippen LogP) is 2.69. The van der Waals surface area contributed by atoms with Gasteiger partial charge in [0.1, 0.15) is 6.61 Å². The molecule has 0 aromatic heterocycles. The van der Waals surface area contributed by atoms with Crippen molar-refractivity contribution in [3.05, 3.63) is 0 Å². The third kappa shape index (κ3) is 9.59. The number of aliphatic carboxylic acids is 1.